The molecule has 1 heterocycles. The maximum Gasteiger partial charge on any atom is 0.119 e. The van der Waals surface area contributed by atoms with Crippen LogP contribution in [0, 0.1) is 0 Å². The Balaban J connectivity index is 2.10. The Labute approximate surface area is 122 Å². The van der Waals surface area contributed by atoms with Crippen LogP contribution in [0.3, 0.4) is 0 Å². The van der Waals surface area contributed by atoms with E-state index in [0.717, 1.165) is 31.8 Å². The Morgan fingerprint density at radius 3 is 2.60 bits per heavy atom. The lowest BCUT2D eigenvalue weighted by atomic mass is 9.84. The van der Waals surface area contributed by atoms with Crippen molar-refractivity contribution in [3.63, 3.8) is 0 Å². The van der Waals surface area contributed by atoms with Crippen molar-refractivity contribution in [1.82, 2.24) is 5.32 Å². The molecule has 2 rings (SSSR count). The summed E-state index contributed by atoms with van der Waals surface area (Å²) in [6.07, 6.45) is 4.56. The zero-order valence-corrected chi connectivity index (χ0v) is 12.9. The normalized spacial score (nSPS) is 24.4. The van der Waals surface area contributed by atoms with Crippen LogP contribution < -0.4 is 10.1 Å². The van der Waals surface area contributed by atoms with Gasteiger partial charge in [-0.2, -0.15) is 0 Å². The molecule has 3 heteroatoms. The van der Waals surface area contributed by atoms with Crippen molar-refractivity contribution < 1.29 is 9.47 Å². The van der Waals surface area contributed by atoms with E-state index in [1.807, 2.05) is 7.05 Å². The molecule has 2 atom stereocenters. The summed E-state index contributed by atoms with van der Waals surface area (Å²) in [5.41, 5.74) is 1.15. The molecule has 1 aliphatic heterocycles. The first-order chi connectivity index (χ1) is 9.69. The Hall–Kier alpha value is -1.06. The maximum absolute atomic E-state index is 6.07. The van der Waals surface area contributed by atoms with Crippen LogP contribution >= 0.6 is 0 Å². The highest BCUT2D eigenvalue weighted by atomic mass is 16.5. The van der Waals surface area contributed by atoms with Crippen molar-refractivity contribution in [2.45, 2.75) is 51.2 Å². The molecule has 0 bridgehead atoms. The van der Waals surface area contributed by atoms with Gasteiger partial charge < -0.3 is 14.8 Å². The molecular weight excluding hydrogens is 250 g/mol. The topological polar surface area (TPSA) is 30.5 Å². The molecule has 1 fully saturated rings. The Kier molecular flexibility index (Phi) is 5.44. The SMILES string of the molecule is CCCOc1ccc(C(NC)C2(C)CCCCO2)cc1. The molecule has 2 unspecified atom stereocenters. The van der Waals surface area contributed by atoms with Crippen LogP contribution in [0.25, 0.3) is 0 Å². The highest BCUT2D eigenvalue weighted by Crippen LogP contribution is 2.36. The van der Waals surface area contributed by atoms with Crippen LogP contribution in [0.15, 0.2) is 24.3 Å². The fourth-order valence-corrected chi connectivity index (χ4v) is 2.98. The molecule has 0 aliphatic carbocycles. The number of hydrogen-bond acceptors (Lipinski definition) is 3. The van der Waals surface area contributed by atoms with E-state index in [4.69, 9.17) is 9.47 Å². The summed E-state index contributed by atoms with van der Waals surface area (Å²) >= 11 is 0. The van der Waals surface area contributed by atoms with Gasteiger partial charge in [-0.15, -0.1) is 0 Å². The molecule has 1 aromatic rings. The van der Waals surface area contributed by atoms with E-state index in [2.05, 4.69) is 43.4 Å². The molecule has 0 spiro atoms. The number of rotatable bonds is 6. The van der Waals surface area contributed by atoms with Crippen LogP contribution in [0.2, 0.25) is 0 Å². The van der Waals surface area contributed by atoms with Gasteiger partial charge in [0.2, 0.25) is 0 Å². The van der Waals surface area contributed by atoms with E-state index >= 15 is 0 Å². The van der Waals surface area contributed by atoms with Gasteiger partial charge in [-0.05, 0) is 57.4 Å². The largest absolute Gasteiger partial charge is 0.494 e. The van der Waals surface area contributed by atoms with Gasteiger partial charge in [0.15, 0.2) is 0 Å². The van der Waals surface area contributed by atoms with Gasteiger partial charge in [0.25, 0.3) is 0 Å². The third-order valence-electron chi connectivity index (χ3n) is 4.08. The first kappa shape index (κ1) is 15.3. The number of ether oxygens (including phenoxy) is 2. The third kappa shape index (κ3) is 3.53. The average molecular weight is 277 g/mol. The van der Waals surface area contributed by atoms with Crippen LogP contribution in [0.4, 0.5) is 0 Å². The van der Waals surface area contributed by atoms with E-state index < -0.39 is 0 Å². The number of likely N-dealkylation sites (N-methyl/N-ethyl adjacent to an activating group) is 1. The quantitative estimate of drug-likeness (QED) is 0.860. The fourth-order valence-electron chi connectivity index (χ4n) is 2.98. The minimum absolute atomic E-state index is 0.112. The Morgan fingerprint density at radius 2 is 2.05 bits per heavy atom. The molecule has 0 amide bonds. The Morgan fingerprint density at radius 1 is 1.30 bits per heavy atom. The summed E-state index contributed by atoms with van der Waals surface area (Å²) in [6.45, 7) is 5.98. The van der Waals surface area contributed by atoms with Gasteiger partial charge in [-0.25, -0.2) is 0 Å². The number of benzene rings is 1. The van der Waals surface area contributed by atoms with E-state index in [9.17, 15) is 0 Å². The van der Waals surface area contributed by atoms with E-state index in [-0.39, 0.29) is 11.6 Å². The molecule has 0 radical (unpaired) electrons. The van der Waals surface area contributed by atoms with Crippen molar-refractivity contribution >= 4 is 0 Å². The third-order valence-corrected chi connectivity index (χ3v) is 4.08. The molecule has 3 nitrogen and oxygen atoms in total. The second kappa shape index (κ2) is 7.09. The standard InChI is InChI=1S/C17H27NO2/c1-4-12-19-15-9-7-14(8-10-15)16(18-3)17(2)11-5-6-13-20-17/h7-10,16,18H,4-6,11-13H2,1-3H3. The summed E-state index contributed by atoms with van der Waals surface area (Å²) in [7, 11) is 2.01. The van der Waals surface area contributed by atoms with Crippen molar-refractivity contribution in [2.75, 3.05) is 20.3 Å². The molecular formula is C17H27NO2. The van der Waals surface area contributed by atoms with Crippen LogP contribution in [-0.2, 0) is 4.74 Å². The fraction of sp³-hybridized carbons (Fsp3) is 0.647. The minimum Gasteiger partial charge on any atom is -0.494 e. The van der Waals surface area contributed by atoms with E-state index in [1.165, 1.54) is 18.4 Å². The van der Waals surface area contributed by atoms with Crippen LogP contribution in [0.5, 0.6) is 5.75 Å². The molecule has 1 aromatic carbocycles. The summed E-state index contributed by atoms with van der Waals surface area (Å²) in [5, 5.41) is 3.43. The summed E-state index contributed by atoms with van der Waals surface area (Å²) in [5.74, 6) is 0.945. The van der Waals surface area contributed by atoms with Crippen LogP contribution in [0.1, 0.15) is 51.1 Å². The van der Waals surface area contributed by atoms with Gasteiger partial charge in [-0.1, -0.05) is 19.1 Å². The van der Waals surface area contributed by atoms with Crippen LogP contribution in [-0.4, -0.2) is 25.9 Å². The average Bonchev–Trinajstić information content (AvgIpc) is 2.47. The minimum atomic E-state index is -0.112. The molecule has 20 heavy (non-hydrogen) atoms. The highest BCUT2D eigenvalue weighted by Gasteiger charge is 2.36. The second-order valence-corrected chi connectivity index (χ2v) is 5.76. The number of hydrogen-bond donors (Lipinski definition) is 1. The highest BCUT2D eigenvalue weighted by molar-refractivity contribution is 5.30. The number of nitrogens with one attached hydrogen (secondary N) is 1. The first-order valence-corrected chi connectivity index (χ1v) is 7.73. The van der Waals surface area contributed by atoms with Crippen molar-refractivity contribution in [1.29, 1.82) is 0 Å². The molecule has 0 aromatic heterocycles. The lowest BCUT2D eigenvalue weighted by Crippen LogP contribution is -2.44. The molecule has 1 saturated heterocycles. The zero-order valence-electron chi connectivity index (χ0n) is 12.9. The molecule has 1 N–H and O–H groups in total. The maximum atomic E-state index is 6.07. The van der Waals surface area contributed by atoms with Gasteiger partial charge in [0.1, 0.15) is 5.75 Å². The van der Waals surface area contributed by atoms with Gasteiger partial charge in [0, 0.05) is 6.61 Å². The summed E-state index contributed by atoms with van der Waals surface area (Å²) in [6, 6.07) is 8.64. The predicted molar refractivity (Wildman–Crippen MR) is 82.2 cm³/mol. The first-order valence-electron chi connectivity index (χ1n) is 7.73. The van der Waals surface area contributed by atoms with Gasteiger partial charge >= 0.3 is 0 Å². The van der Waals surface area contributed by atoms with Gasteiger partial charge in [-0.3, -0.25) is 0 Å². The smallest absolute Gasteiger partial charge is 0.119 e. The monoisotopic (exact) mass is 277 g/mol. The van der Waals surface area contributed by atoms with Gasteiger partial charge in [0.05, 0.1) is 18.2 Å². The lowest BCUT2D eigenvalue weighted by molar-refractivity contribution is -0.0884. The van der Waals surface area contributed by atoms with E-state index in [0.29, 0.717) is 0 Å². The predicted octanol–water partition coefficient (Wildman–Crippen LogP) is 3.70. The van der Waals surface area contributed by atoms with Crippen molar-refractivity contribution in [2.24, 2.45) is 0 Å². The molecule has 1 aliphatic rings. The summed E-state index contributed by atoms with van der Waals surface area (Å²) in [4.78, 5) is 0. The summed E-state index contributed by atoms with van der Waals surface area (Å²) < 4.78 is 11.7. The Bertz CT molecular complexity index is 396. The zero-order chi connectivity index (χ0) is 14.4. The molecule has 112 valence electrons. The van der Waals surface area contributed by atoms with Crippen molar-refractivity contribution in [3.8, 4) is 5.75 Å². The van der Waals surface area contributed by atoms with Crippen molar-refractivity contribution in [3.05, 3.63) is 29.8 Å². The second-order valence-electron chi connectivity index (χ2n) is 5.76. The molecule has 0 saturated carbocycles. The lowest BCUT2D eigenvalue weighted by Gasteiger charge is -2.40. The van der Waals surface area contributed by atoms with E-state index in [1.54, 1.807) is 0 Å².